The maximum absolute atomic E-state index is 12.9. The Morgan fingerprint density at radius 1 is 0.931 bits per heavy atom. The Kier molecular flexibility index (Phi) is 5.70. The van der Waals surface area contributed by atoms with Crippen molar-refractivity contribution in [2.24, 2.45) is 0 Å². The van der Waals surface area contributed by atoms with E-state index < -0.39 is 0 Å². The van der Waals surface area contributed by atoms with E-state index >= 15 is 0 Å². The van der Waals surface area contributed by atoms with Crippen LogP contribution in [0, 0.1) is 0 Å². The number of rotatable bonds is 5. The summed E-state index contributed by atoms with van der Waals surface area (Å²) in [5, 5.41) is 5.92. The van der Waals surface area contributed by atoms with E-state index in [1.165, 1.54) is 19.3 Å². The van der Waals surface area contributed by atoms with Crippen LogP contribution in [0.3, 0.4) is 0 Å². The maximum atomic E-state index is 12.9. The van der Waals surface area contributed by atoms with Gasteiger partial charge in [-0.2, -0.15) is 0 Å². The molecule has 1 amide bonds. The molecule has 1 saturated heterocycles. The molecule has 0 atom stereocenters. The molecule has 3 aromatic rings. The first kappa shape index (κ1) is 18.9. The van der Waals surface area contributed by atoms with Gasteiger partial charge in [0.2, 0.25) is 5.95 Å². The third-order valence-electron chi connectivity index (χ3n) is 5.22. The van der Waals surface area contributed by atoms with Gasteiger partial charge in [0.1, 0.15) is 0 Å². The molecule has 0 aliphatic carbocycles. The van der Waals surface area contributed by atoms with Crippen LogP contribution in [-0.4, -0.2) is 36.0 Å². The third-order valence-corrected chi connectivity index (χ3v) is 5.22. The Hall–Kier alpha value is -3.41. The Morgan fingerprint density at radius 3 is 2.34 bits per heavy atom. The fourth-order valence-electron chi connectivity index (χ4n) is 3.63. The Bertz CT molecular complexity index is 966. The monoisotopic (exact) mass is 387 g/mol. The van der Waals surface area contributed by atoms with Gasteiger partial charge in [0.25, 0.3) is 5.91 Å². The van der Waals surface area contributed by atoms with Crippen molar-refractivity contribution in [1.82, 2.24) is 9.97 Å². The molecule has 1 aliphatic rings. The zero-order chi connectivity index (χ0) is 20.1. The number of amides is 1. The lowest BCUT2D eigenvalue weighted by Crippen LogP contribution is -2.29. The van der Waals surface area contributed by atoms with Crippen molar-refractivity contribution < 1.29 is 4.79 Å². The third kappa shape index (κ3) is 4.37. The lowest BCUT2D eigenvalue weighted by atomic mass is 10.1. The van der Waals surface area contributed by atoms with Gasteiger partial charge in [0, 0.05) is 49.5 Å². The summed E-state index contributed by atoms with van der Waals surface area (Å²) in [4.78, 5) is 23.9. The average molecular weight is 387 g/mol. The van der Waals surface area contributed by atoms with Crippen molar-refractivity contribution in [2.45, 2.75) is 19.3 Å². The van der Waals surface area contributed by atoms with E-state index in [2.05, 4.69) is 31.6 Å². The van der Waals surface area contributed by atoms with Gasteiger partial charge in [-0.15, -0.1) is 0 Å². The van der Waals surface area contributed by atoms with Crippen LogP contribution in [0.25, 0.3) is 11.1 Å². The molecule has 1 fully saturated rings. The molecule has 2 heterocycles. The highest BCUT2D eigenvalue weighted by Crippen LogP contribution is 2.26. The number of benzene rings is 2. The van der Waals surface area contributed by atoms with Gasteiger partial charge in [0.05, 0.1) is 5.56 Å². The van der Waals surface area contributed by atoms with Crippen LogP contribution in [0.4, 0.5) is 17.3 Å². The van der Waals surface area contributed by atoms with Crippen LogP contribution in [0.15, 0.2) is 60.9 Å². The first-order valence-corrected chi connectivity index (χ1v) is 10.00. The predicted octanol–water partition coefficient (Wildman–Crippen LogP) is 4.43. The Morgan fingerprint density at radius 2 is 1.66 bits per heavy atom. The van der Waals surface area contributed by atoms with Gasteiger partial charge < -0.3 is 10.2 Å². The summed E-state index contributed by atoms with van der Waals surface area (Å²) in [6, 6.07) is 15.9. The molecule has 1 aliphatic heterocycles. The highest BCUT2D eigenvalue weighted by Gasteiger charge is 2.17. The summed E-state index contributed by atoms with van der Waals surface area (Å²) in [7, 11) is 1.82. The second-order valence-corrected chi connectivity index (χ2v) is 7.14. The molecule has 29 heavy (non-hydrogen) atoms. The number of carbonyl (C=O) groups is 1. The quantitative estimate of drug-likeness (QED) is 0.678. The van der Waals surface area contributed by atoms with Crippen molar-refractivity contribution in [2.75, 3.05) is 35.7 Å². The highest BCUT2D eigenvalue weighted by molar-refractivity contribution is 6.08. The Balaban J connectivity index is 1.53. The number of hydrogen-bond acceptors (Lipinski definition) is 5. The zero-order valence-electron chi connectivity index (χ0n) is 16.6. The van der Waals surface area contributed by atoms with Gasteiger partial charge in [-0.05, 0) is 43.0 Å². The molecule has 6 heteroatoms. The highest BCUT2D eigenvalue weighted by atomic mass is 16.1. The van der Waals surface area contributed by atoms with Crippen LogP contribution in [0.1, 0.15) is 29.6 Å². The number of nitrogens with one attached hydrogen (secondary N) is 2. The standard InChI is InChI=1S/C23H25N5O/c1-24-21-11-10-19(28-12-6-3-7-13-28)14-20(21)22(29)27-23-25-15-18(16-26-23)17-8-4-2-5-9-17/h2,4-5,8-11,14-16,24H,3,6-7,12-13H2,1H3,(H,25,26,27,29). The Labute approximate surface area is 171 Å². The number of hydrogen-bond donors (Lipinski definition) is 2. The van der Waals surface area contributed by atoms with Gasteiger partial charge in [0.15, 0.2) is 0 Å². The average Bonchev–Trinajstić information content (AvgIpc) is 2.80. The summed E-state index contributed by atoms with van der Waals surface area (Å²) < 4.78 is 0. The summed E-state index contributed by atoms with van der Waals surface area (Å²) in [6.45, 7) is 2.06. The fraction of sp³-hybridized carbons (Fsp3) is 0.261. The summed E-state index contributed by atoms with van der Waals surface area (Å²) in [6.07, 6.45) is 7.10. The summed E-state index contributed by atoms with van der Waals surface area (Å²) in [5.41, 5.74) is 4.40. The van der Waals surface area contributed by atoms with Crippen LogP contribution in [-0.2, 0) is 0 Å². The van der Waals surface area contributed by atoms with Gasteiger partial charge in [-0.25, -0.2) is 9.97 Å². The van der Waals surface area contributed by atoms with Crippen LogP contribution < -0.4 is 15.5 Å². The number of piperidine rings is 1. The molecule has 0 bridgehead atoms. The molecule has 2 aromatic carbocycles. The molecule has 148 valence electrons. The minimum atomic E-state index is -0.222. The van der Waals surface area contributed by atoms with Crippen LogP contribution in [0.5, 0.6) is 0 Å². The normalized spacial score (nSPS) is 13.8. The smallest absolute Gasteiger partial charge is 0.260 e. The molecule has 0 spiro atoms. The predicted molar refractivity (Wildman–Crippen MR) is 117 cm³/mol. The van der Waals surface area contributed by atoms with Crippen LogP contribution >= 0.6 is 0 Å². The summed E-state index contributed by atoms with van der Waals surface area (Å²) >= 11 is 0. The van der Waals surface area contributed by atoms with E-state index in [1.807, 2.05) is 49.5 Å². The van der Waals surface area contributed by atoms with E-state index in [-0.39, 0.29) is 5.91 Å². The van der Waals surface area contributed by atoms with Crippen molar-refractivity contribution in [3.8, 4) is 11.1 Å². The SMILES string of the molecule is CNc1ccc(N2CCCCC2)cc1C(=O)Nc1ncc(-c2ccccc2)cn1. The minimum Gasteiger partial charge on any atom is -0.387 e. The van der Waals surface area contributed by atoms with E-state index in [0.717, 1.165) is 35.6 Å². The second kappa shape index (κ2) is 8.73. The van der Waals surface area contributed by atoms with Crippen molar-refractivity contribution in [3.63, 3.8) is 0 Å². The molecule has 1 aromatic heterocycles. The van der Waals surface area contributed by atoms with E-state index in [1.54, 1.807) is 12.4 Å². The second-order valence-electron chi connectivity index (χ2n) is 7.14. The fourth-order valence-corrected chi connectivity index (χ4v) is 3.63. The maximum Gasteiger partial charge on any atom is 0.260 e. The first-order valence-electron chi connectivity index (χ1n) is 10.00. The van der Waals surface area contributed by atoms with Crippen molar-refractivity contribution in [1.29, 1.82) is 0 Å². The number of anilines is 3. The largest absolute Gasteiger partial charge is 0.387 e. The molecule has 0 saturated carbocycles. The van der Waals surface area contributed by atoms with Crippen LogP contribution in [0.2, 0.25) is 0 Å². The molecular weight excluding hydrogens is 362 g/mol. The molecule has 4 rings (SSSR count). The molecule has 0 unspecified atom stereocenters. The molecular formula is C23H25N5O. The van der Waals surface area contributed by atoms with Crippen molar-refractivity contribution in [3.05, 3.63) is 66.5 Å². The van der Waals surface area contributed by atoms with E-state index in [4.69, 9.17) is 0 Å². The number of nitrogens with zero attached hydrogens (tertiary/aromatic N) is 3. The van der Waals surface area contributed by atoms with E-state index in [0.29, 0.717) is 11.5 Å². The lowest BCUT2D eigenvalue weighted by Gasteiger charge is -2.29. The number of carbonyl (C=O) groups excluding carboxylic acids is 1. The lowest BCUT2D eigenvalue weighted by molar-refractivity contribution is 0.102. The first-order chi connectivity index (χ1) is 14.2. The zero-order valence-corrected chi connectivity index (χ0v) is 16.6. The molecule has 2 N–H and O–H groups in total. The van der Waals surface area contributed by atoms with Gasteiger partial charge in [-0.1, -0.05) is 30.3 Å². The number of aromatic nitrogens is 2. The van der Waals surface area contributed by atoms with Gasteiger partial charge in [-0.3, -0.25) is 10.1 Å². The van der Waals surface area contributed by atoms with Gasteiger partial charge >= 0.3 is 0 Å². The summed E-state index contributed by atoms with van der Waals surface area (Å²) in [5.74, 6) is 0.0702. The van der Waals surface area contributed by atoms with E-state index in [9.17, 15) is 4.79 Å². The molecule has 6 nitrogen and oxygen atoms in total. The topological polar surface area (TPSA) is 70.2 Å². The molecule has 0 radical (unpaired) electrons. The van der Waals surface area contributed by atoms with Crippen molar-refractivity contribution >= 4 is 23.2 Å². The minimum absolute atomic E-state index is 0.222.